The molecule has 0 aliphatic heterocycles. The van der Waals surface area contributed by atoms with Gasteiger partial charge in [-0.1, -0.05) is 34.6 Å². The zero-order chi connectivity index (χ0) is 11.0. The first-order chi connectivity index (χ1) is 6.54. The van der Waals surface area contributed by atoms with Crippen LogP contribution in [0.5, 0.6) is 0 Å². The summed E-state index contributed by atoms with van der Waals surface area (Å²) in [7, 11) is 0. The molecular formula is C12H28N2. The van der Waals surface area contributed by atoms with E-state index in [0.717, 1.165) is 31.5 Å². The summed E-state index contributed by atoms with van der Waals surface area (Å²) in [5, 5.41) is 6.92. The lowest BCUT2D eigenvalue weighted by Crippen LogP contribution is -2.29. The molecule has 0 heterocycles. The van der Waals surface area contributed by atoms with Crippen LogP contribution in [0, 0.1) is 11.8 Å². The van der Waals surface area contributed by atoms with Crippen molar-refractivity contribution in [3.8, 4) is 0 Å². The van der Waals surface area contributed by atoms with Crippen LogP contribution in [0.25, 0.3) is 0 Å². The highest BCUT2D eigenvalue weighted by Crippen LogP contribution is 2.07. The molecule has 0 fully saturated rings. The molecule has 0 aliphatic rings. The van der Waals surface area contributed by atoms with Crippen LogP contribution >= 0.6 is 0 Å². The van der Waals surface area contributed by atoms with Crippen molar-refractivity contribution in [2.45, 2.75) is 47.1 Å². The van der Waals surface area contributed by atoms with Gasteiger partial charge in [0, 0.05) is 6.04 Å². The third kappa shape index (κ3) is 8.52. The zero-order valence-corrected chi connectivity index (χ0v) is 10.6. The summed E-state index contributed by atoms with van der Waals surface area (Å²) in [5.74, 6) is 1.57. The van der Waals surface area contributed by atoms with E-state index in [-0.39, 0.29) is 0 Å². The minimum atomic E-state index is 0.615. The van der Waals surface area contributed by atoms with Gasteiger partial charge in [-0.05, 0) is 37.9 Å². The maximum Gasteiger partial charge on any atom is 0.00103 e. The number of rotatable bonds is 8. The van der Waals surface area contributed by atoms with E-state index < -0.39 is 0 Å². The summed E-state index contributed by atoms with van der Waals surface area (Å²) in [6.07, 6.45) is 1.23. The van der Waals surface area contributed by atoms with Crippen molar-refractivity contribution in [2.24, 2.45) is 11.8 Å². The van der Waals surface area contributed by atoms with Gasteiger partial charge in [0.15, 0.2) is 0 Å². The van der Waals surface area contributed by atoms with Crippen molar-refractivity contribution in [2.75, 3.05) is 19.6 Å². The number of hydrogen-bond donors (Lipinski definition) is 2. The van der Waals surface area contributed by atoms with Crippen LogP contribution in [0.3, 0.4) is 0 Å². The molecule has 0 saturated heterocycles. The predicted molar refractivity (Wildman–Crippen MR) is 64.6 cm³/mol. The molecule has 0 saturated carbocycles. The minimum absolute atomic E-state index is 0.615. The summed E-state index contributed by atoms with van der Waals surface area (Å²) in [5.41, 5.74) is 0. The van der Waals surface area contributed by atoms with Crippen LogP contribution in [0.4, 0.5) is 0 Å². The molecule has 0 radical (unpaired) electrons. The van der Waals surface area contributed by atoms with Gasteiger partial charge in [0.1, 0.15) is 0 Å². The van der Waals surface area contributed by atoms with Crippen LogP contribution in [0.15, 0.2) is 0 Å². The van der Waals surface area contributed by atoms with Gasteiger partial charge in [-0.15, -0.1) is 0 Å². The fourth-order valence-electron chi connectivity index (χ4n) is 1.17. The normalized spacial score (nSPS) is 13.9. The molecule has 2 nitrogen and oxygen atoms in total. The average Bonchev–Trinajstić information content (AvgIpc) is 2.09. The van der Waals surface area contributed by atoms with Gasteiger partial charge >= 0.3 is 0 Å². The van der Waals surface area contributed by atoms with E-state index in [1.807, 2.05) is 0 Å². The van der Waals surface area contributed by atoms with Crippen LogP contribution in [0.2, 0.25) is 0 Å². The van der Waals surface area contributed by atoms with Crippen molar-refractivity contribution in [1.29, 1.82) is 0 Å². The predicted octanol–water partition coefficient (Wildman–Crippen LogP) is 2.26. The first-order valence-electron chi connectivity index (χ1n) is 5.98. The Labute approximate surface area is 89.9 Å². The Morgan fingerprint density at radius 2 is 1.57 bits per heavy atom. The van der Waals surface area contributed by atoms with E-state index in [4.69, 9.17) is 0 Å². The maximum atomic E-state index is 3.50. The quantitative estimate of drug-likeness (QED) is 0.587. The van der Waals surface area contributed by atoms with Crippen molar-refractivity contribution in [3.63, 3.8) is 0 Å². The van der Waals surface area contributed by atoms with Gasteiger partial charge in [0.2, 0.25) is 0 Å². The highest BCUT2D eigenvalue weighted by molar-refractivity contribution is 4.61. The summed E-state index contributed by atoms with van der Waals surface area (Å²) in [4.78, 5) is 0. The zero-order valence-electron chi connectivity index (χ0n) is 10.6. The molecule has 0 aromatic heterocycles. The Bertz CT molecular complexity index is 121. The van der Waals surface area contributed by atoms with E-state index in [0.29, 0.717) is 6.04 Å². The molecule has 2 N–H and O–H groups in total. The van der Waals surface area contributed by atoms with Crippen LogP contribution in [-0.4, -0.2) is 25.7 Å². The summed E-state index contributed by atoms with van der Waals surface area (Å²) in [6.45, 7) is 14.7. The number of hydrogen-bond acceptors (Lipinski definition) is 2. The van der Waals surface area contributed by atoms with Gasteiger partial charge in [0.25, 0.3) is 0 Å². The maximum absolute atomic E-state index is 3.50. The smallest absolute Gasteiger partial charge is 0.00103 e. The summed E-state index contributed by atoms with van der Waals surface area (Å²) < 4.78 is 0. The van der Waals surface area contributed by atoms with Crippen molar-refractivity contribution in [3.05, 3.63) is 0 Å². The fraction of sp³-hybridized carbons (Fsp3) is 1.00. The number of nitrogens with one attached hydrogen (secondary N) is 2. The second kappa shape index (κ2) is 8.25. The fourth-order valence-corrected chi connectivity index (χ4v) is 1.17. The van der Waals surface area contributed by atoms with Crippen molar-refractivity contribution >= 4 is 0 Å². The molecule has 2 heteroatoms. The summed E-state index contributed by atoms with van der Waals surface area (Å²) >= 11 is 0. The molecule has 1 unspecified atom stereocenters. The SMILES string of the molecule is CC(C)NCCCNCC(C)C(C)C. The van der Waals surface area contributed by atoms with Crippen molar-refractivity contribution in [1.82, 2.24) is 10.6 Å². The third-order valence-electron chi connectivity index (χ3n) is 2.69. The van der Waals surface area contributed by atoms with Crippen molar-refractivity contribution < 1.29 is 0 Å². The van der Waals surface area contributed by atoms with E-state index in [1.165, 1.54) is 6.42 Å². The molecule has 14 heavy (non-hydrogen) atoms. The lowest BCUT2D eigenvalue weighted by Gasteiger charge is -2.16. The lowest BCUT2D eigenvalue weighted by molar-refractivity contribution is 0.390. The topological polar surface area (TPSA) is 24.1 Å². The Balaban J connectivity index is 3.13. The Kier molecular flexibility index (Phi) is 8.20. The van der Waals surface area contributed by atoms with Gasteiger partial charge < -0.3 is 10.6 Å². The standard InChI is InChI=1S/C12H28N2/c1-10(2)12(5)9-13-7-6-8-14-11(3)4/h10-14H,6-9H2,1-5H3. The highest BCUT2D eigenvalue weighted by Gasteiger charge is 2.05. The van der Waals surface area contributed by atoms with E-state index in [9.17, 15) is 0 Å². The largest absolute Gasteiger partial charge is 0.316 e. The third-order valence-corrected chi connectivity index (χ3v) is 2.69. The van der Waals surface area contributed by atoms with Gasteiger partial charge in [-0.3, -0.25) is 0 Å². The van der Waals surface area contributed by atoms with E-state index in [1.54, 1.807) is 0 Å². The first kappa shape index (κ1) is 13.9. The lowest BCUT2D eigenvalue weighted by atomic mass is 9.98. The monoisotopic (exact) mass is 200 g/mol. The molecular weight excluding hydrogens is 172 g/mol. The highest BCUT2D eigenvalue weighted by atomic mass is 14.9. The Morgan fingerprint density at radius 3 is 2.07 bits per heavy atom. The molecule has 0 bridgehead atoms. The van der Waals surface area contributed by atoms with Crippen LogP contribution in [-0.2, 0) is 0 Å². The van der Waals surface area contributed by atoms with Gasteiger partial charge in [-0.25, -0.2) is 0 Å². The molecule has 0 amide bonds. The van der Waals surface area contributed by atoms with Gasteiger partial charge in [-0.2, -0.15) is 0 Å². The molecule has 0 aromatic rings. The molecule has 0 spiro atoms. The second-order valence-corrected chi connectivity index (χ2v) is 4.89. The molecule has 0 rings (SSSR count). The molecule has 0 aliphatic carbocycles. The molecule has 86 valence electrons. The van der Waals surface area contributed by atoms with Gasteiger partial charge in [0.05, 0.1) is 0 Å². The Hall–Kier alpha value is -0.0800. The minimum Gasteiger partial charge on any atom is -0.316 e. The Morgan fingerprint density at radius 1 is 0.929 bits per heavy atom. The first-order valence-corrected chi connectivity index (χ1v) is 5.98. The van der Waals surface area contributed by atoms with E-state index in [2.05, 4.69) is 45.3 Å². The molecule has 0 aromatic carbocycles. The average molecular weight is 200 g/mol. The van der Waals surface area contributed by atoms with Crippen LogP contribution in [0.1, 0.15) is 41.0 Å². The summed E-state index contributed by atoms with van der Waals surface area (Å²) in [6, 6.07) is 0.615. The van der Waals surface area contributed by atoms with Crippen LogP contribution < -0.4 is 10.6 Å². The van der Waals surface area contributed by atoms with E-state index >= 15 is 0 Å². The molecule has 1 atom stereocenters. The second-order valence-electron chi connectivity index (χ2n) is 4.89.